The van der Waals surface area contributed by atoms with Gasteiger partial charge in [0.05, 0.1) is 0 Å². The number of carbonyl (C=O) groups is 2. The van der Waals surface area contributed by atoms with Crippen LogP contribution in [0, 0.1) is 6.92 Å². The first-order valence-electron chi connectivity index (χ1n) is 8.36. The van der Waals surface area contributed by atoms with Gasteiger partial charge in [0, 0.05) is 12.2 Å². The summed E-state index contributed by atoms with van der Waals surface area (Å²) in [6.45, 7) is 1.70. The number of aryl methyl sites for hydroxylation is 1. The molecule has 2 amide bonds. The minimum Gasteiger partial charge on any atom is -0.399 e. The van der Waals surface area contributed by atoms with Gasteiger partial charge in [-0.1, -0.05) is 42.5 Å². The quantitative estimate of drug-likeness (QED) is 0.500. The summed E-state index contributed by atoms with van der Waals surface area (Å²) in [5, 5.41) is 3.91. The number of nitrogen functional groups attached to an aromatic ring is 1. The summed E-state index contributed by atoms with van der Waals surface area (Å²) in [4.78, 5) is 24.1. The molecule has 0 saturated carbocycles. The highest BCUT2D eigenvalue weighted by Crippen LogP contribution is 2.36. The summed E-state index contributed by atoms with van der Waals surface area (Å²) < 4.78 is 64.0. The van der Waals surface area contributed by atoms with Gasteiger partial charge < -0.3 is 16.4 Å². The number of anilines is 1. The van der Waals surface area contributed by atoms with E-state index in [2.05, 4.69) is 5.32 Å². The molecule has 0 aliphatic carbocycles. The second kappa shape index (κ2) is 8.46. The molecule has 0 bridgehead atoms. The molecule has 10 heteroatoms. The lowest BCUT2D eigenvalue weighted by molar-refractivity contribution is -0.270. The van der Waals surface area contributed by atoms with Crippen molar-refractivity contribution in [2.24, 2.45) is 0 Å². The van der Waals surface area contributed by atoms with E-state index >= 15 is 0 Å². The third-order valence-corrected chi connectivity index (χ3v) is 4.11. The third-order valence-electron chi connectivity index (χ3n) is 4.11. The van der Waals surface area contributed by atoms with Gasteiger partial charge in [-0.05, 0) is 29.7 Å². The first-order chi connectivity index (χ1) is 13.4. The molecule has 0 fully saturated rings. The van der Waals surface area contributed by atoms with Gasteiger partial charge >= 0.3 is 18.0 Å². The molecule has 156 valence electrons. The first kappa shape index (κ1) is 22.1. The SMILES string of the molecule is Cc1cc(CNC(=O)C(NC(=O)C(F)(F)C(F)(F)F)c2ccccc2)ccc1N. The molecule has 5 nitrogen and oxygen atoms in total. The smallest absolute Gasteiger partial charge is 0.399 e. The van der Waals surface area contributed by atoms with Gasteiger partial charge in [-0.2, -0.15) is 22.0 Å². The summed E-state index contributed by atoms with van der Waals surface area (Å²) in [5.41, 5.74) is 7.65. The van der Waals surface area contributed by atoms with Crippen LogP contribution in [0.25, 0.3) is 0 Å². The molecule has 0 aliphatic heterocycles. The Labute approximate surface area is 163 Å². The van der Waals surface area contributed by atoms with Crippen LogP contribution in [0.4, 0.5) is 27.6 Å². The van der Waals surface area contributed by atoms with Crippen molar-refractivity contribution in [3.8, 4) is 0 Å². The first-order valence-corrected chi connectivity index (χ1v) is 8.36. The maximum Gasteiger partial charge on any atom is 0.463 e. The van der Waals surface area contributed by atoms with Crippen LogP contribution < -0.4 is 16.4 Å². The van der Waals surface area contributed by atoms with E-state index in [0.717, 1.165) is 5.56 Å². The Morgan fingerprint density at radius 3 is 2.21 bits per heavy atom. The van der Waals surface area contributed by atoms with Gasteiger partial charge in [0.2, 0.25) is 5.91 Å². The minimum atomic E-state index is -6.09. The number of alkyl halides is 5. The molecule has 2 aromatic carbocycles. The van der Waals surface area contributed by atoms with Crippen molar-refractivity contribution >= 4 is 17.5 Å². The van der Waals surface area contributed by atoms with Crippen molar-refractivity contribution in [2.75, 3.05) is 5.73 Å². The lowest BCUT2D eigenvalue weighted by Crippen LogP contribution is -2.53. The highest BCUT2D eigenvalue weighted by Gasteiger charge is 2.63. The van der Waals surface area contributed by atoms with E-state index in [9.17, 15) is 31.5 Å². The molecule has 0 spiro atoms. The Morgan fingerprint density at radius 1 is 1.03 bits per heavy atom. The Kier molecular flexibility index (Phi) is 6.45. The molecule has 2 rings (SSSR count). The van der Waals surface area contributed by atoms with Crippen LogP contribution in [0.15, 0.2) is 48.5 Å². The zero-order chi connectivity index (χ0) is 21.8. The second-order valence-electron chi connectivity index (χ2n) is 6.30. The maximum absolute atomic E-state index is 13.3. The lowest BCUT2D eigenvalue weighted by atomic mass is 10.0. The number of benzene rings is 2. The average Bonchev–Trinajstić information content (AvgIpc) is 2.66. The lowest BCUT2D eigenvalue weighted by Gasteiger charge is -2.23. The molecule has 1 atom stereocenters. The van der Waals surface area contributed by atoms with Crippen LogP contribution in [-0.4, -0.2) is 23.9 Å². The highest BCUT2D eigenvalue weighted by molar-refractivity contribution is 5.91. The van der Waals surface area contributed by atoms with Crippen LogP contribution in [0.1, 0.15) is 22.7 Å². The molecule has 0 aliphatic rings. The highest BCUT2D eigenvalue weighted by atomic mass is 19.4. The number of amides is 2. The topological polar surface area (TPSA) is 84.2 Å². The number of halogens is 5. The molecule has 0 heterocycles. The standard InChI is InChI=1S/C19H18F5N3O2/c1-11-9-12(7-8-14(11)25)10-26-16(28)15(13-5-3-2-4-6-13)27-17(29)18(20,21)19(22,23)24/h2-9,15H,10,25H2,1H3,(H,26,28)(H,27,29). The van der Waals surface area contributed by atoms with E-state index in [0.29, 0.717) is 11.3 Å². The van der Waals surface area contributed by atoms with Crippen LogP contribution in [0.2, 0.25) is 0 Å². The van der Waals surface area contributed by atoms with Gasteiger partial charge in [-0.15, -0.1) is 0 Å². The number of rotatable bonds is 6. The van der Waals surface area contributed by atoms with Crippen molar-refractivity contribution < 1.29 is 31.5 Å². The number of hydrogen-bond donors (Lipinski definition) is 3. The van der Waals surface area contributed by atoms with E-state index in [1.165, 1.54) is 29.6 Å². The molecular weight excluding hydrogens is 397 g/mol. The normalized spacial score (nSPS) is 12.9. The number of hydrogen-bond acceptors (Lipinski definition) is 3. The predicted molar refractivity (Wildman–Crippen MR) is 95.8 cm³/mol. The fourth-order valence-corrected chi connectivity index (χ4v) is 2.44. The summed E-state index contributed by atoms with van der Waals surface area (Å²) in [6, 6.07) is 10.3. The van der Waals surface area contributed by atoms with Gasteiger partial charge in [0.15, 0.2) is 0 Å². The second-order valence-corrected chi connectivity index (χ2v) is 6.30. The van der Waals surface area contributed by atoms with Gasteiger partial charge in [-0.3, -0.25) is 9.59 Å². The van der Waals surface area contributed by atoms with Crippen molar-refractivity contribution in [2.45, 2.75) is 31.6 Å². The largest absolute Gasteiger partial charge is 0.463 e. The minimum absolute atomic E-state index is 0.0461. The fraction of sp³-hybridized carbons (Fsp3) is 0.263. The fourth-order valence-electron chi connectivity index (χ4n) is 2.44. The molecular formula is C19H18F5N3O2. The van der Waals surface area contributed by atoms with Crippen LogP contribution in [0.3, 0.4) is 0 Å². The molecule has 0 aromatic heterocycles. The Balaban J connectivity index is 2.21. The molecule has 0 saturated heterocycles. The molecule has 29 heavy (non-hydrogen) atoms. The third kappa shape index (κ3) is 5.21. The summed E-state index contributed by atoms with van der Waals surface area (Å²) in [6.07, 6.45) is -6.09. The van der Waals surface area contributed by atoms with Crippen molar-refractivity contribution in [3.63, 3.8) is 0 Å². The Morgan fingerprint density at radius 2 is 1.66 bits per heavy atom. The van der Waals surface area contributed by atoms with E-state index in [1.54, 1.807) is 31.2 Å². The summed E-state index contributed by atoms with van der Waals surface area (Å²) in [5.74, 6) is -9.21. The Hall–Kier alpha value is -3.17. The van der Waals surface area contributed by atoms with Crippen molar-refractivity contribution in [1.82, 2.24) is 10.6 Å². The van der Waals surface area contributed by atoms with E-state index < -0.39 is 30.0 Å². The maximum atomic E-state index is 13.3. The van der Waals surface area contributed by atoms with Crippen molar-refractivity contribution in [1.29, 1.82) is 0 Å². The molecule has 2 aromatic rings. The molecule has 4 N–H and O–H groups in total. The van der Waals surface area contributed by atoms with Gasteiger partial charge in [0.25, 0.3) is 0 Å². The van der Waals surface area contributed by atoms with E-state index in [4.69, 9.17) is 5.73 Å². The number of carbonyl (C=O) groups excluding carboxylic acids is 2. The van der Waals surface area contributed by atoms with E-state index in [1.807, 2.05) is 0 Å². The van der Waals surface area contributed by atoms with Gasteiger partial charge in [0.1, 0.15) is 6.04 Å². The molecule has 1 unspecified atom stereocenters. The van der Waals surface area contributed by atoms with Crippen LogP contribution in [-0.2, 0) is 16.1 Å². The number of nitrogens with one attached hydrogen (secondary N) is 2. The average molecular weight is 415 g/mol. The summed E-state index contributed by atoms with van der Waals surface area (Å²) in [7, 11) is 0. The monoisotopic (exact) mass is 415 g/mol. The molecule has 0 radical (unpaired) electrons. The number of nitrogens with two attached hydrogens (primary N) is 1. The summed E-state index contributed by atoms with van der Waals surface area (Å²) >= 11 is 0. The van der Waals surface area contributed by atoms with Crippen LogP contribution in [0.5, 0.6) is 0 Å². The van der Waals surface area contributed by atoms with Crippen molar-refractivity contribution in [3.05, 3.63) is 65.2 Å². The van der Waals surface area contributed by atoms with E-state index in [-0.39, 0.29) is 12.1 Å². The van der Waals surface area contributed by atoms with Gasteiger partial charge in [-0.25, -0.2) is 0 Å². The zero-order valence-corrected chi connectivity index (χ0v) is 15.2. The predicted octanol–water partition coefficient (Wildman–Crippen LogP) is 3.25. The Bertz CT molecular complexity index is 885. The van der Waals surface area contributed by atoms with Crippen LogP contribution >= 0.6 is 0 Å². The zero-order valence-electron chi connectivity index (χ0n) is 15.2.